The molecular formula is C18H22N6OS2. The van der Waals surface area contributed by atoms with Gasteiger partial charge >= 0.3 is 0 Å². The molecule has 0 amide bonds. The summed E-state index contributed by atoms with van der Waals surface area (Å²) in [7, 11) is -2.77. The van der Waals surface area contributed by atoms with Gasteiger partial charge in [-0.25, -0.2) is 23.9 Å². The van der Waals surface area contributed by atoms with Crippen LogP contribution in [0.2, 0.25) is 0 Å². The van der Waals surface area contributed by atoms with E-state index in [4.69, 9.17) is 4.78 Å². The van der Waals surface area contributed by atoms with Gasteiger partial charge in [0.2, 0.25) is 5.95 Å². The molecule has 142 valence electrons. The Bertz CT molecular complexity index is 1040. The third-order valence-corrected chi connectivity index (χ3v) is 6.97. The summed E-state index contributed by atoms with van der Waals surface area (Å²) in [6.07, 6.45) is 4.40. The second-order valence-electron chi connectivity index (χ2n) is 6.84. The molecule has 0 saturated carbocycles. The van der Waals surface area contributed by atoms with Gasteiger partial charge in [-0.05, 0) is 24.6 Å². The lowest BCUT2D eigenvalue weighted by Gasteiger charge is -2.38. The second-order valence-corrected chi connectivity index (χ2v) is 9.89. The Morgan fingerprint density at radius 3 is 2.52 bits per heavy atom. The van der Waals surface area contributed by atoms with E-state index in [0.29, 0.717) is 16.9 Å². The first-order valence-corrected chi connectivity index (χ1v) is 11.6. The molecule has 2 aromatic heterocycles. The highest BCUT2D eigenvalue weighted by molar-refractivity contribution is 7.91. The van der Waals surface area contributed by atoms with Crippen molar-refractivity contribution in [2.75, 3.05) is 37.3 Å². The van der Waals surface area contributed by atoms with Crippen molar-refractivity contribution in [2.24, 2.45) is 0 Å². The fourth-order valence-electron chi connectivity index (χ4n) is 3.33. The summed E-state index contributed by atoms with van der Waals surface area (Å²) in [5.74, 6) is 0.638. The Balaban J connectivity index is 1.42. The Labute approximate surface area is 163 Å². The molecule has 7 nitrogen and oxygen atoms in total. The molecule has 0 aliphatic carbocycles. The van der Waals surface area contributed by atoms with Crippen molar-refractivity contribution in [1.29, 1.82) is 4.78 Å². The summed E-state index contributed by atoms with van der Waals surface area (Å²) in [5, 5.41) is 0. The highest BCUT2D eigenvalue weighted by atomic mass is 32.2. The quantitative estimate of drug-likeness (QED) is 0.722. The van der Waals surface area contributed by atoms with Crippen LogP contribution in [0.3, 0.4) is 0 Å². The lowest BCUT2D eigenvalue weighted by molar-refractivity contribution is 0.198. The van der Waals surface area contributed by atoms with E-state index in [-0.39, 0.29) is 0 Å². The van der Waals surface area contributed by atoms with E-state index >= 15 is 0 Å². The molecule has 0 radical (unpaired) electrons. The van der Waals surface area contributed by atoms with Gasteiger partial charge in [0.05, 0.1) is 30.4 Å². The maximum Gasteiger partial charge on any atom is 0.225 e. The smallest absolute Gasteiger partial charge is 0.225 e. The van der Waals surface area contributed by atoms with Gasteiger partial charge in [0.25, 0.3) is 0 Å². The fourth-order valence-corrected chi connectivity index (χ4v) is 4.50. The molecule has 4 rings (SSSR count). The average molecular weight is 403 g/mol. The predicted molar refractivity (Wildman–Crippen MR) is 109 cm³/mol. The van der Waals surface area contributed by atoms with Gasteiger partial charge in [-0.15, -0.1) is 11.3 Å². The highest BCUT2D eigenvalue weighted by Gasteiger charge is 2.23. The molecule has 27 heavy (non-hydrogen) atoms. The minimum Gasteiger partial charge on any atom is -0.338 e. The summed E-state index contributed by atoms with van der Waals surface area (Å²) < 4.78 is 20.6. The number of piperazine rings is 1. The number of aromatic nitrogens is 3. The van der Waals surface area contributed by atoms with Crippen molar-refractivity contribution >= 4 is 37.2 Å². The molecular weight excluding hydrogens is 380 g/mol. The third kappa shape index (κ3) is 3.80. The van der Waals surface area contributed by atoms with E-state index in [1.54, 1.807) is 11.3 Å². The molecule has 1 aromatic carbocycles. The monoisotopic (exact) mass is 402 g/mol. The molecule has 3 heterocycles. The van der Waals surface area contributed by atoms with Gasteiger partial charge in [-0.3, -0.25) is 4.90 Å². The lowest BCUT2D eigenvalue weighted by Crippen LogP contribution is -2.47. The number of hydrogen-bond acceptors (Lipinski definition) is 8. The maximum atomic E-state index is 11.8. The molecule has 2 atom stereocenters. The van der Waals surface area contributed by atoms with Crippen LogP contribution in [0.15, 0.2) is 41.0 Å². The van der Waals surface area contributed by atoms with E-state index in [2.05, 4.69) is 49.9 Å². The van der Waals surface area contributed by atoms with Crippen molar-refractivity contribution < 1.29 is 4.21 Å². The summed E-state index contributed by atoms with van der Waals surface area (Å²) in [5.41, 5.74) is 4.25. The molecule has 9 heteroatoms. The first kappa shape index (κ1) is 18.3. The van der Waals surface area contributed by atoms with Crippen LogP contribution in [0.1, 0.15) is 18.5 Å². The average Bonchev–Trinajstić information content (AvgIpc) is 3.15. The molecule has 1 unspecified atom stereocenters. The Morgan fingerprint density at radius 1 is 1.15 bits per heavy atom. The van der Waals surface area contributed by atoms with E-state index in [1.807, 2.05) is 5.51 Å². The van der Waals surface area contributed by atoms with Crippen LogP contribution < -0.4 is 4.90 Å². The minimum absolute atomic E-state index is 0.328. The predicted octanol–water partition coefficient (Wildman–Crippen LogP) is 3.00. The topological polar surface area (TPSA) is 86.1 Å². The van der Waals surface area contributed by atoms with Crippen LogP contribution >= 0.6 is 11.3 Å². The van der Waals surface area contributed by atoms with Crippen LogP contribution in [-0.4, -0.2) is 56.5 Å². The summed E-state index contributed by atoms with van der Waals surface area (Å²) in [6.45, 7) is 5.76. The van der Waals surface area contributed by atoms with Crippen LogP contribution in [0.25, 0.3) is 10.2 Å². The molecule has 1 saturated heterocycles. The molecule has 1 N–H and O–H groups in total. The van der Waals surface area contributed by atoms with Crippen molar-refractivity contribution in [3.63, 3.8) is 0 Å². The van der Waals surface area contributed by atoms with Crippen molar-refractivity contribution in [3.05, 3.63) is 41.7 Å². The Morgan fingerprint density at radius 2 is 1.85 bits per heavy atom. The second kappa shape index (κ2) is 7.14. The van der Waals surface area contributed by atoms with Gasteiger partial charge in [0, 0.05) is 50.9 Å². The SMILES string of the molecule is C[C@H](c1ccc2scnc2c1)N1CCN(c2ncc(S(C)(=N)=O)cn2)CC1. The largest absolute Gasteiger partial charge is 0.338 e. The minimum atomic E-state index is -2.77. The molecule has 0 spiro atoms. The zero-order chi connectivity index (χ0) is 19.0. The lowest BCUT2D eigenvalue weighted by atomic mass is 10.1. The van der Waals surface area contributed by atoms with Gasteiger partial charge in [0.1, 0.15) is 0 Å². The van der Waals surface area contributed by atoms with E-state index < -0.39 is 9.73 Å². The first-order chi connectivity index (χ1) is 12.9. The van der Waals surface area contributed by atoms with Crippen molar-refractivity contribution in [3.8, 4) is 0 Å². The Hall–Kier alpha value is -2.10. The van der Waals surface area contributed by atoms with Crippen molar-refractivity contribution in [2.45, 2.75) is 17.9 Å². The number of benzene rings is 1. The zero-order valence-corrected chi connectivity index (χ0v) is 17.0. The Kier molecular flexibility index (Phi) is 4.83. The highest BCUT2D eigenvalue weighted by Crippen LogP contribution is 2.27. The van der Waals surface area contributed by atoms with E-state index in [1.165, 1.54) is 28.9 Å². The van der Waals surface area contributed by atoms with Gasteiger partial charge in [-0.2, -0.15) is 0 Å². The number of thiazole rings is 1. The van der Waals surface area contributed by atoms with Gasteiger partial charge in [0.15, 0.2) is 0 Å². The van der Waals surface area contributed by atoms with E-state index in [9.17, 15) is 4.21 Å². The number of hydrogen-bond donors (Lipinski definition) is 1. The standard InChI is InChI=1S/C18H22N6OS2/c1-13(14-3-4-17-16(9-14)22-12-26-17)23-5-7-24(8-6-23)18-20-10-15(11-21-18)27(2,19)25/h3-4,9-13,19H,5-8H2,1-2H3/t13-,27?/m1/s1. The molecule has 1 fully saturated rings. The van der Waals surface area contributed by atoms with Gasteiger partial charge in [-0.1, -0.05) is 6.07 Å². The molecule has 3 aromatic rings. The van der Waals surface area contributed by atoms with Gasteiger partial charge < -0.3 is 4.90 Å². The summed E-state index contributed by atoms with van der Waals surface area (Å²) in [4.78, 5) is 18.0. The number of nitrogens with zero attached hydrogens (tertiary/aromatic N) is 5. The molecule has 0 bridgehead atoms. The van der Waals surface area contributed by atoms with Crippen LogP contribution in [0.5, 0.6) is 0 Å². The summed E-state index contributed by atoms with van der Waals surface area (Å²) >= 11 is 1.67. The van der Waals surface area contributed by atoms with Crippen LogP contribution in [0, 0.1) is 4.78 Å². The zero-order valence-electron chi connectivity index (χ0n) is 15.3. The van der Waals surface area contributed by atoms with E-state index in [0.717, 1.165) is 31.7 Å². The molecule has 1 aliphatic rings. The number of anilines is 1. The molecule has 1 aliphatic heterocycles. The summed E-state index contributed by atoms with van der Waals surface area (Å²) in [6, 6.07) is 6.87. The fraction of sp³-hybridized carbons (Fsp3) is 0.389. The van der Waals surface area contributed by atoms with Crippen LogP contribution in [0.4, 0.5) is 5.95 Å². The van der Waals surface area contributed by atoms with Crippen molar-refractivity contribution in [1.82, 2.24) is 19.9 Å². The number of fused-ring (bicyclic) bond motifs is 1. The third-order valence-electron chi connectivity index (χ3n) is 5.05. The number of rotatable bonds is 4. The normalized spacial score (nSPS) is 19.1. The maximum absolute atomic E-state index is 11.8. The number of nitrogens with one attached hydrogen (secondary N) is 1. The first-order valence-electron chi connectivity index (χ1n) is 8.80. The van der Waals surface area contributed by atoms with Crippen LogP contribution in [-0.2, 0) is 9.73 Å².